The largest absolute Gasteiger partial charge is 0.497 e. The standard InChI is InChI=1S/C15H19N3O3/c1-19-12-4-2-3-11(7-12)8-14-17-15(21-18-14)9-13-10-16-5-6-20-13/h2-4,7,13,16H,5-6,8-10H2,1H3. The number of ether oxygens (including phenoxy) is 2. The van der Waals surface area contributed by atoms with Gasteiger partial charge < -0.3 is 19.3 Å². The molecule has 6 nitrogen and oxygen atoms in total. The molecule has 2 heterocycles. The zero-order valence-corrected chi connectivity index (χ0v) is 12.0. The number of methoxy groups -OCH3 is 1. The molecule has 6 heteroatoms. The highest BCUT2D eigenvalue weighted by atomic mass is 16.5. The van der Waals surface area contributed by atoms with E-state index in [1.165, 1.54) is 0 Å². The van der Waals surface area contributed by atoms with Gasteiger partial charge in [-0.2, -0.15) is 4.98 Å². The lowest BCUT2D eigenvalue weighted by atomic mass is 10.1. The summed E-state index contributed by atoms with van der Waals surface area (Å²) in [5.41, 5.74) is 1.09. The topological polar surface area (TPSA) is 69.4 Å². The minimum Gasteiger partial charge on any atom is -0.497 e. The van der Waals surface area contributed by atoms with Gasteiger partial charge in [-0.05, 0) is 17.7 Å². The number of benzene rings is 1. The van der Waals surface area contributed by atoms with Crippen molar-refractivity contribution in [3.63, 3.8) is 0 Å². The number of nitrogens with zero attached hydrogens (tertiary/aromatic N) is 2. The molecule has 21 heavy (non-hydrogen) atoms. The Morgan fingerprint density at radius 2 is 2.38 bits per heavy atom. The molecule has 1 aromatic carbocycles. The Labute approximate surface area is 123 Å². The molecule has 0 radical (unpaired) electrons. The van der Waals surface area contributed by atoms with Gasteiger partial charge in [0, 0.05) is 19.5 Å². The Morgan fingerprint density at radius 3 is 3.19 bits per heavy atom. The lowest BCUT2D eigenvalue weighted by Crippen LogP contribution is -2.39. The Hall–Kier alpha value is -1.92. The molecule has 3 rings (SSSR count). The monoisotopic (exact) mass is 289 g/mol. The fraction of sp³-hybridized carbons (Fsp3) is 0.467. The third-order valence-corrected chi connectivity index (χ3v) is 3.41. The van der Waals surface area contributed by atoms with Crippen LogP contribution in [0.1, 0.15) is 17.3 Å². The fourth-order valence-electron chi connectivity index (χ4n) is 2.36. The van der Waals surface area contributed by atoms with Crippen LogP contribution in [0.3, 0.4) is 0 Å². The molecule has 112 valence electrons. The van der Waals surface area contributed by atoms with Gasteiger partial charge in [-0.15, -0.1) is 0 Å². The number of aromatic nitrogens is 2. The molecular formula is C15H19N3O3. The predicted octanol–water partition coefficient (Wildman–Crippen LogP) is 1.20. The van der Waals surface area contributed by atoms with E-state index in [9.17, 15) is 0 Å². The van der Waals surface area contributed by atoms with E-state index < -0.39 is 0 Å². The second-order valence-corrected chi connectivity index (χ2v) is 5.03. The Bertz CT molecular complexity index is 579. The summed E-state index contributed by atoms with van der Waals surface area (Å²) < 4.78 is 16.1. The summed E-state index contributed by atoms with van der Waals surface area (Å²) in [6, 6.07) is 7.87. The van der Waals surface area contributed by atoms with Crippen LogP contribution in [-0.2, 0) is 17.6 Å². The highest BCUT2D eigenvalue weighted by molar-refractivity contribution is 5.30. The maximum absolute atomic E-state index is 5.63. The van der Waals surface area contributed by atoms with E-state index in [0.717, 1.165) is 31.0 Å². The summed E-state index contributed by atoms with van der Waals surface area (Å²) in [6.45, 7) is 2.46. The molecule has 1 aliphatic rings. The first-order valence-corrected chi connectivity index (χ1v) is 7.10. The van der Waals surface area contributed by atoms with Gasteiger partial charge in [0.1, 0.15) is 5.75 Å². The Morgan fingerprint density at radius 1 is 1.43 bits per heavy atom. The summed E-state index contributed by atoms with van der Waals surface area (Å²) in [5, 5.41) is 7.32. The van der Waals surface area contributed by atoms with E-state index in [2.05, 4.69) is 15.5 Å². The molecule has 1 atom stereocenters. The van der Waals surface area contributed by atoms with Crippen molar-refractivity contribution in [3.8, 4) is 5.75 Å². The van der Waals surface area contributed by atoms with Crippen LogP contribution in [-0.4, -0.2) is 43.1 Å². The number of morpholine rings is 1. The van der Waals surface area contributed by atoms with E-state index in [-0.39, 0.29) is 6.10 Å². The van der Waals surface area contributed by atoms with Gasteiger partial charge in [-0.3, -0.25) is 0 Å². The Kier molecular flexibility index (Phi) is 4.47. The maximum atomic E-state index is 5.63. The first-order chi connectivity index (χ1) is 10.3. The predicted molar refractivity (Wildman–Crippen MR) is 76.4 cm³/mol. The summed E-state index contributed by atoms with van der Waals surface area (Å²) in [7, 11) is 1.66. The molecule has 1 saturated heterocycles. The smallest absolute Gasteiger partial charge is 0.229 e. The minimum atomic E-state index is 0.115. The highest BCUT2D eigenvalue weighted by Crippen LogP contribution is 2.15. The van der Waals surface area contributed by atoms with Crippen LogP contribution in [0.15, 0.2) is 28.8 Å². The minimum absolute atomic E-state index is 0.115. The van der Waals surface area contributed by atoms with E-state index in [1.807, 2.05) is 24.3 Å². The van der Waals surface area contributed by atoms with E-state index in [4.69, 9.17) is 14.0 Å². The molecule has 0 bridgehead atoms. The lowest BCUT2D eigenvalue weighted by molar-refractivity contribution is 0.0246. The molecule has 0 spiro atoms. The molecule has 1 N–H and O–H groups in total. The summed E-state index contributed by atoms with van der Waals surface area (Å²) in [6.07, 6.45) is 1.40. The summed E-state index contributed by atoms with van der Waals surface area (Å²) >= 11 is 0. The van der Waals surface area contributed by atoms with Gasteiger partial charge in [0.05, 0.1) is 26.2 Å². The molecule has 0 aliphatic carbocycles. The second-order valence-electron chi connectivity index (χ2n) is 5.03. The second kappa shape index (κ2) is 6.69. The van der Waals surface area contributed by atoms with Crippen LogP contribution < -0.4 is 10.1 Å². The van der Waals surface area contributed by atoms with Gasteiger partial charge in [0.25, 0.3) is 0 Å². The van der Waals surface area contributed by atoms with Crippen molar-refractivity contribution in [2.24, 2.45) is 0 Å². The molecule has 0 amide bonds. The van der Waals surface area contributed by atoms with Crippen molar-refractivity contribution in [3.05, 3.63) is 41.5 Å². The normalized spacial score (nSPS) is 18.6. The van der Waals surface area contributed by atoms with Gasteiger partial charge in [0.15, 0.2) is 5.82 Å². The maximum Gasteiger partial charge on any atom is 0.229 e. The number of hydrogen-bond donors (Lipinski definition) is 1. The molecule has 0 saturated carbocycles. The van der Waals surface area contributed by atoms with Crippen LogP contribution in [0, 0.1) is 0 Å². The van der Waals surface area contributed by atoms with Crippen LogP contribution in [0.5, 0.6) is 5.75 Å². The zero-order valence-electron chi connectivity index (χ0n) is 12.0. The average Bonchev–Trinajstić information content (AvgIpc) is 2.95. The number of hydrogen-bond acceptors (Lipinski definition) is 6. The van der Waals surface area contributed by atoms with Crippen LogP contribution in [0.25, 0.3) is 0 Å². The number of nitrogens with one attached hydrogen (secondary N) is 1. The third kappa shape index (κ3) is 3.80. The molecule has 1 fully saturated rings. The van der Waals surface area contributed by atoms with Crippen LogP contribution in [0.4, 0.5) is 0 Å². The average molecular weight is 289 g/mol. The van der Waals surface area contributed by atoms with E-state index >= 15 is 0 Å². The van der Waals surface area contributed by atoms with Gasteiger partial charge in [-0.1, -0.05) is 17.3 Å². The molecule has 1 aliphatic heterocycles. The number of rotatable bonds is 5. The highest BCUT2D eigenvalue weighted by Gasteiger charge is 2.17. The molecule has 1 aromatic heterocycles. The van der Waals surface area contributed by atoms with Crippen molar-refractivity contribution < 1.29 is 14.0 Å². The van der Waals surface area contributed by atoms with Crippen molar-refractivity contribution >= 4 is 0 Å². The van der Waals surface area contributed by atoms with Crippen molar-refractivity contribution in [2.75, 3.05) is 26.8 Å². The van der Waals surface area contributed by atoms with Crippen molar-refractivity contribution in [1.82, 2.24) is 15.5 Å². The van der Waals surface area contributed by atoms with E-state index in [1.54, 1.807) is 7.11 Å². The first kappa shape index (κ1) is 14.0. The van der Waals surface area contributed by atoms with E-state index in [0.29, 0.717) is 24.6 Å². The summed E-state index contributed by atoms with van der Waals surface area (Å²) in [5.74, 6) is 2.14. The van der Waals surface area contributed by atoms with Gasteiger partial charge >= 0.3 is 0 Å². The summed E-state index contributed by atoms with van der Waals surface area (Å²) in [4.78, 5) is 4.43. The van der Waals surface area contributed by atoms with Crippen LogP contribution >= 0.6 is 0 Å². The lowest BCUT2D eigenvalue weighted by Gasteiger charge is -2.21. The molecular weight excluding hydrogens is 270 g/mol. The van der Waals surface area contributed by atoms with Gasteiger partial charge in [0.2, 0.25) is 5.89 Å². The third-order valence-electron chi connectivity index (χ3n) is 3.41. The van der Waals surface area contributed by atoms with Crippen molar-refractivity contribution in [1.29, 1.82) is 0 Å². The fourth-order valence-corrected chi connectivity index (χ4v) is 2.36. The Balaban J connectivity index is 1.61. The van der Waals surface area contributed by atoms with Crippen LogP contribution in [0.2, 0.25) is 0 Å². The van der Waals surface area contributed by atoms with Gasteiger partial charge in [-0.25, -0.2) is 0 Å². The molecule has 1 unspecified atom stereocenters. The quantitative estimate of drug-likeness (QED) is 0.892. The van der Waals surface area contributed by atoms with Crippen molar-refractivity contribution in [2.45, 2.75) is 18.9 Å². The first-order valence-electron chi connectivity index (χ1n) is 7.10. The molecule has 2 aromatic rings. The zero-order chi connectivity index (χ0) is 14.5. The SMILES string of the molecule is COc1cccc(Cc2noc(CC3CNCCO3)n2)c1.